The maximum absolute atomic E-state index is 12.4. The van der Waals surface area contributed by atoms with Crippen LogP contribution in [0, 0.1) is 0 Å². The number of hydrogen-bond donors (Lipinski definition) is 1. The highest BCUT2D eigenvalue weighted by atomic mass is 35.5. The fourth-order valence-electron chi connectivity index (χ4n) is 2.69. The second-order valence-corrected chi connectivity index (χ2v) is 5.54. The number of anilines is 1. The third-order valence-electron chi connectivity index (χ3n) is 4.07. The van der Waals surface area contributed by atoms with Crippen molar-refractivity contribution in [2.24, 2.45) is 0 Å². The van der Waals surface area contributed by atoms with Gasteiger partial charge in [0, 0.05) is 18.8 Å². The summed E-state index contributed by atoms with van der Waals surface area (Å²) in [4.78, 5) is 16.3. The Kier molecular flexibility index (Phi) is 7.72. The van der Waals surface area contributed by atoms with Crippen LogP contribution in [0.1, 0.15) is 19.3 Å². The standard InChI is InChI=1S/C16H25N3O.ClH/c1-18(14-9-6-11-17-12-10-14)13-16(20)19(2)15-7-4-3-5-8-15;/h3-5,7-8,14,17H,6,9-13H2,1-2H3;1H. The second-order valence-electron chi connectivity index (χ2n) is 5.54. The number of amides is 1. The van der Waals surface area contributed by atoms with Crippen LogP contribution in [0.2, 0.25) is 0 Å². The van der Waals surface area contributed by atoms with Gasteiger partial charge in [-0.05, 0) is 51.5 Å². The van der Waals surface area contributed by atoms with Gasteiger partial charge in [0.15, 0.2) is 0 Å². The summed E-state index contributed by atoms with van der Waals surface area (Å²) in [7, 11) is 3.91. The van der Waals surface area contributed by atoms with Gasteiger partial charge in [-0.15, -0.1) is 12.4 Å². The highest BCUT2D eigenvalue weighted by Crippen LogP contribution is 2.14. The van der Waals surface area contributed by atoms with Crippen molar-refractivity contribution in [1.29, 1.82) is 0 Å². The lowest BCUT2D eigenvalue weighted by molar-refractivity contribution is -0.119. The molecule has 0 aromatic heterocycles. The third kappa shape index (κ3) is 5.30. The van der Waals surface area contributed by atoms with Crippen molar-refractivity contribution in [1.82, 2.24) is 10.2 Å². The van der Waals surface area contributed by atoms with Crippen molar-refractivity contribution in [2.45, 2.75) is 25.3 Å². The number of nitrogens with zero attached hydrogens (tertiary/aromatic N) is 2. The molecular formula is C16H26ClN3O. The predicted molar refractivity (Wildman–Crippen MR) is 90.2 cm³/mol. The first kappa shape index (κ1) is 18.0. The molecular weight excluding hydrogens is 286 g/mol. The molecule has 0 spiro atoms. The van der Waals surface area contributed by atoms with Gasteiger partial charge in [0.25, 0.3) is 0 Å². The Morgan fingerprint density at radius 2 is 1.90 bits per heavy atom. The Balaban J connectivity index is 0.00000220. The Bertz CT molecular complexity index is 419. The maximum atomic E-state index is 12.4. The topological polar surface area (TPSA) is 35.6 Å². The molecule has 1 N–H and O–H groups in total. The molecule has 1 aliphatic heterocycles. The monoisotopic (exact) mass is 311 g/mol. The van der Waals surface area contributed by atoms with Crippen molar-refractivity contribution in [3.8, 4) is 0 Å². The number of para-hydroxylation sites is 1. The van der Waals surface area contributed by atoms with E-state index >= 15 is 0 Å². The van der Waals surface area contributed by atoms with Crippen molar-refractivity contribution in [2.75, 3.05) is 38.6 Å². The summed E-state index contributed by atoms with van der Waals surface area (Å²) in [6.45, 7) is 2.63. The fraction of sp³-hybridized carbons (Fsp3) is 0.562. The Morgan fingerprint density at radius 3 is 2.62 bits per heavy atom. The van der Waals surface area contributed by atoms with E-state index in [2.05, 4.69) is 17.3 Å². The number of rotatable bonds is 4. The molecule has 21 heavy (non-hydrogen) atoms. The zero-order chi connectivity index (χ0) is 14.4. The van der Waals surface area contributed by atoms with Crippen LogP contribution in [0.5, 0.6) is 0 Å². The van der Waals surface area contributed by atoms with Crippen molar-refractivity contribution in [3.63, 3.8) is 0 Å². The van der Waals surface area contributed by atoms with E-state index < -0.39 is 0 Å². The number of carbonyl (C=O) groups excluding carboxylic acids is 1. The molecule has 1 amide bonds. The molecule has 2 rings (SSSR count). The van der Waals surface area contributed by atoms with Crippen LogP contribution in [-0.2, 0) is 4.79 Å². The van der Waals surface area contributed by atoms with E-state index in [9.17, 15) is 4.79 Å². The fourth-order valence-corrected chi connectivity index (χ4v) is 2.69. The lowest BCUT2D eigenvalue weighted by atomic mass is 10.1. The van der Waals surface area contributed by atoms with Gasteiger partial charge in [-0.1, -0.05) is 18.2 Å². The Labute approximate surface area is 133 Å². The lowest BCUT2D eigenvalue weighted by Crippen LogP contribution is -2.41. The highest BCUT2D eigenvalue weighted by Gasteiger charge is 2.20. The molecule has 0 aliphatic carbocycles. The number of halogens is 1. The van der Waals surface area contributed by atoms with Gasteiger partial charge in [0.1, 0.15) is 0 Å². The third-order valence-corrected chi connectivity index (χ3v) is 4.07. The van der Waals surface area contributed by atoms with Gasteiger partial charge in [0.2, 0.25) is 5.91 Å². The summed E-state index contributed by atoms with van der Waals surface area (Å²) in [5.74, 6) is 0.149. The number of likely N-dealkylation sites (N-methyl/N-ethyl adjacent to an activating group) is 2. The SMILES string of the molecule is CN(C(=O)CN(C)C1CCCNCC1)c1ccccc1.Cl. The molecule has 1 unspecified atom stereocenters. The van der Waals surface area contributed by atoms with E-state index in [1.165, 1.54) is 12.8 Å². The predicted octanol–water partition coefficient (Wildman–Crippen LogP) is 2.15. The molecule has 118 valence electrons. The minimum atomic E-state index is 0. The van der Waals surface area contributed by atoms with Crippen LogP contribution >= 0.6 is 12.4 Å². The van der Waals surface area contributed by atoms with Crippen molar-refractivity contribution in [3.05, 3.63) is 30.3 Å². The zero-order valence-electron chi connectivity index (χ0n) is 12.9. The molecule has 1 atom stereocenters. The van der Waals surface area contributed by atoms with Crippen molar-refractivity contribution < 1.29 is 4.79 Å². The van der Waals surface area contributed by atoms with Crippen LogP contribution in [0.3, 0.4) is 0 Å². The molecule has 1 fully saturated rings. The van der Waals surface area contributed by atoms with E-state index in [0.717, 1.165) is 25.2 Å². The van der Waals surface area contributed by atoms with Gasteiger partial charge < -0.3 is 10.2 Å². The van der Waals surface area contributed by atoms with E-state index in [4.69, 9.17) is 0 Å². The van der Waals surface area contributed by atoms with Gasteiger partial charge >= 0.3 is 0 Å². The number of hydrogen-bond acceptors (Lipinski definition) is 3. The summed E-state index contributed by atoms with van der Waals surface area (Å²) in [5, 5.41) is 3.41. The first-order chi connectivity index (χ1) is 9.68. The van der Waals surface area contributed by atoms with Crippen LogP contribution in [0.25, 0.3) is 0 Å². The number of carbonyl (C=O) groups is 1. The Hall–Kier alpha value is -1.10. The molecule has 0 saturated carbocycles. The van der Waals surface area contributed by atoms with Crippen molar-refractivity contribution >= 4 is 24.0 Å². The largest absolute Gasteiger partial charge is 0.317 e. The molecule has 0 bridgehead atoms. The zero-order valence-corrected chi connectivity index (χ0v) is 13.7. The summed E-state index contributed by atoms with van der Waals surface area (Å²) >= 11 is 0. The number of nitrogens with one attached hydrogen (secondary N) is 1. The van der Waals surface area contributed by atoms with E-state index in [0.29, 0.717) is 12.6 Å². The molecule has 1 saturated heterocycles. The minimum Gasteiger partial charge on any atom is -0.317 e. The normalized spacial score (nSPS) is 18.7. The molecule has 1 aromatic rings. The van der Waals surface area contributed by atoms with Gasteiger partial charge in [-0.2, -0.15) is 0 Å². The van der Waals surface area contributed by atoms with Gasteiger partial charge in [-0.3, -0.25) is 9.69 Å². The molecule has 0 radical (unpaired) electrons. The molecule has 1 aliphatic rings. The summed E-state index contributed by atoms with van der Waals surface area (Å²) < 4.78 is 0. The van der Waals surface area contributed by atoms with Crippen LogP contribution in [-0.4, -0.2) is 50.6 Å². The highest BCUT2D eigenvalue weighted by molar-refractivity contribution is 5.94. The van der Waals surface area contributed by atoms with E-state index in [1.54, 1.807) is 4.90 Å². The maximum Gasteiger partial charge on any atom is 0.240 e. The average Bonchev–Trinajstić information content (AvgIpc) is 2.76. The van der Waals surface area contributed by atoms with Crippen LogP contribution in [0.15, 0.2) is 30.3 Å². The Morgan fingerprint density at radius 1 is 1.19 bits per heavy atom. The van der Waals surface area contributed by atoms with Gasteiger partial charge in [-0.25, -0.2) is 0 Å². The molecule has 1 aromatic carbocycles. The van der Waals surface area contributed by atoms with E-state index in [1.807, 2.05) is 37.4 Å². The lowest BCUT2D eigenvalue weighted by Gasteiger charge is -2.28. The second kappa shape index (κ2) is 9.03. The summed E-state index contributed by atoms with van der Waals surface area (Å²) in [6, 6.07) is 10.3. The quantitative estimate of drug-likeness (QED) is 0.925. The molecule has 1 heterocycles. The average molecular weight is 312 g/mol. The number of benzene rings is 1. The van der Waals surface area contributed by atoms with Crippen LogP contribution in [0.4, 0.5) is 5.69 Å². The minimum absolute atomic E-state index is 0. The van der Waals surface area contributed by atoms with Gasteiger partial charge in [0.05, 0.1) is 6.54 Å². The summed E-state index contributed by atoms with van der Waals surface area (Å²) in [5.41, 5.74) is 0.952. The summed E-state index contributed by atoms with van der Waals surface area (Å²) in [6.07, 6.45) is 3.49. The first-order valence-corrected chi connectivity index (χ1v) is 7.41. The smallest absolute Gasteiger partial charge is 0.240 e. The first-order valence-electron chi connectivity index (χ1n) is 7.41. The molecule has 4 nitrogen and oxygen atoms in total. The van der Waals surface area contributed by atoms with E-state index in [-0.39, 0.29) is 18.3 Å². The van der Waals surface area contributed by atoms with Crippen LogP contribution < -0.4 is 10.2 Å². The molecule has 5 heteroatoms.